The Morgan fingerprint density at radius 3 is 2.67 bits per heavy atom. The third-order valence-electron chi connectivity index (χ3n) is 4.07. The number of fused-ring (bicyclic) bond motifs is 1. The van der Waals surface area contributed by atoms with E-state index in [0.29, 0.717) is 17.3 Å². The Morgan fingerprint density at radius 1 is 1.19 bits per heavy atom. The molecule has 4 heteroatoms. The minimum atomic E-state index is 0.228. The zero-order valence-corrected chi connectivity index (χ0v) is 12.8. The van der Waals surface area contributed by atoms with Crippen molar-refractivity contribution in [2.24, 2.45) is 5.92 Å². The van der Waals surface area contributed by atoms with Crippen molar-refractivity contribution in [2.45, 2.75) is 26.2 Å². The molecule has 1 aliphatic carbocycles. The molecule has 0 bridgehead atoms. The summed E-state index contributed by atoms with van der Waals surface area (Å²) in [6, 6.07) is 7.25. The van der Waals surface area contributed by atoms with Crippen molar-refractivity contribution in [1.82, 2.24) is 9.97 Å². The van der Waals surface area contributed by atoms with Crippen molar-refractivity contribution in [3.05, 3.63) is 35.5 Å². The molecule has 0 spiro atoms. The van der Waals surface area contributed by atoms with Gasteiger partial charge in [0, 0.05) is 25.4 Å². The van der Waals surface area contributed by atoms with Gasteiger partial charge in [-0.3, -0.25) is 0 Å². The van der Waals surface area contributed by atoms with Gasteiger partial charge in [-0.25, -0.2) is 9.97 Å². The number of hydrogen-bond donors (Lipinski definition) is 1. The maximum absolute atomic E-state index is 10.0. The smallest absolute Gasteiger partial charge is 0.165 e. The fourth-order valence-corrected chi connectivity index (χ4v) is 2.92. The van der Waals surface area contributed by atoms with Crippen molar-refractivity contribution in [1.29, 1.82) is 0 Å². The predicted octanol–water partition coefficient (Wildman–Crippen LogP) is 3.04. The molecule has 1 unspecified atom stereocenters. The van der Waals surface area contributed by atoms with Gasteiger partial charge in [0.2, 0.25) is 0 Å². The average molecular weight is 283 g/mol. The Bertz CT molecular complexity index is 667. The van der Waals surface area contributed by atoms with Gasteiger partial charge in [0.05, 0.1) is 5.56 Å². The molecule has 1 N–H and O–H groups in total. The molecule has 4 nitrogen and oxygen atoms in total. The molecule has 1 aromatic carbocycles. The number of rotatable bonds is 2. The van der Waals surface area contributed by atoms with Gasteiger partial charge in [-0.1, -0.05) is 19.1 Å². The van der Waals surface area contributed by atoms with Crippen molar-refractivity contribution in [2.75, 3.05) is 19.0 Å². The first-order chi connectivity index (χ1) is 10.1. The summed E-state index contributed by atoms with van der Waals surface area (Å²) in [4.78, 5) is 11.5. The van der Waals surface area contributed by atoms with Gasteiger partial charge < -0.3 is 10.0 Å². The monoisotopic (exact) mass is 283 g/mol. The number of benzene rings is 1. The lowest BCUT2D eigenvalue weighted by molar-refractivity contribution is 0.476. The molecule has 1 atom stereocenters. The zero-order valence-electron chi connectivity index (χ0n) is 12.8. The first-order valence-corrected chi connectivity index (χ1v) is 7.41. The molecule has 0 aliphatic heterocycles. The summed E-state index contributed by atoms with van der Waals surface area (Å²) >= 11 is 0. The van der Waals surface area contributed by atoms with E-state index >= 15 is 0 Å². The first-order valence-electron chi connectivity index (χ1n) is 7.41. The highest BCUT2D eigenvalue weighted by molar-refractivity contribution is 5.66. The van der Waals surface area contributed by atoms with Crippen molar-refractivity contribution in [3.8, 4) is 17.1 Å². The Labute approximate surface area is 125 Å². The van der Waals surface area contributed by atoms with Crippen LogP contribution in [0.4, 0.5) is 5.82 Å². The summed E-state index contributed by atoms with van der Waals surface area (Å²) in [7, 11) is 4.02. The Balaban J connectivity index is 2.16. The number of phenols is 1. The fraction of sp³-hybridized carbons (Fsp3) is 0.412. The maximum atomic E-state index is 10.0. The van der Waals surface area contributed by atoms with Gasteiger partial charge in [0.15, 0.2) is 5.82 Å². The van der Waals surface area contributed by atoms with E-state index in [9.17, 15) is 5.11 Å². The van der Waals surface area contributed by atoms with Crippen LogP contribution in [0, 0.1) is 5.92 Å². The molecule has 2 aromatic rings. The summed E-state index contributed by atoms with van der Waals surface area (Å²) in [5, 5.41) is 10.0. The lowest BCUT2D eigenvalue weighted by atomic mass is 9.88. The molecule has 3 rings (SSSR count). The van der Waals surface area contributed by atoms with Crippen LogP contribution < -0.4 is 4.90 Å². The number of phenolic OH excluding ortho intramolecular Hbond substituents is 1. The molecule has 1 heterocycles. The number of aromatic nitrogens is 2. The van der Waals surface area contributed by atoms with Crippen molar-refractivity contribution >= 4 is 5.82 Å². The highest BCUT2D eigenvalue weighted by atomic mass is 16.3. The molecule has 110 valence electrons. The standard InChI is InChI=1S/C17H21N3O/c1-11-8-9-14-13(10-11)17(20(2)3)19-16(18-14)12-6-4-5-7-15(12)21/h4-7,11,21H,8-10H2,1-3H3. The summed E-state index contributed by atoms with van der Waals surface area (Å²) in [6.45, 7) is 2.28. The molecule has 0 amide bonds. The quantitative estimate of drug-likeness (QED) is 0.920. The van der Waals surface area contributed by atoms with Gasteiger partial charge >= 0.3 is 0 Å². The van der Waals surface area contributed by atoms with Gasteiger partial charge in [-0.2, -0.15) is 0 Å². The van der Waals surface area contributed by atoms with E-state index in [4.69, 9.17) is 9.97 Å². The van der Waals surface area contributed by atoms with Crippen LogP contribution in [0.15, 0.2) is 24.3 Å². The van der Waals surface area contributed by atoms with Crippen LogP contribution in [0.3, 0.4) is 0 Å². The molecule has 21 heavy (non-hydrogen) atoms. The third-order valence-corrected chi connectivity index (χ3v) is 4.07. The normalized spacial score (nSPS) is 17.4. The maximum Gasteiger partial charge on any atom is 0.165 e. The van der Waals surface area contributed by atoms with Crippen LogP contribution in [-0.2, 0) is 12.8 Å². The molecule has 0 saturated carbocycles. The third kappa shape index (κ3) is 2.58. The summed E-state index contributed by atoms with van der Waals surface area (Å²) in [5.74, 6) is 2.50. The second-order valence-electron chi connectivity index (χ2n) is 6.06. The number of aryl methyl sites for hydroxylation is 1. The summed E-state index contributed by atoms with van der Waals surface area (Å²) < 4.78 is 0. The van der Waals surface area contributed by atoms with E-state index in [1.165, 1.54) is 5.56 Å². The Hall–Kier alpha value is -2.10. The molecule has 1 aromatic heterocycles. The van der Waals surface area contributed by atoms with E-state index in [1.54, 1.807) is 6.07 Å². The number of para-hydroxylation sites is 1. The van der Waals surface area contributed by atoms with Gasteiger partial charge in [0.1, 0.15) is 11.6 Å². The predicted molar refractivity (Wildman–Crippen MR) is 84.6 cm³/mol. The lowest BCUT2D eigenvalue weighted by Crippen LogP contribution is -2.21. The van der Waals surface area contributed by atoms with Crippen molar-refractivity contribution < 1.29 is 5.11 Å². The van der Waals surface area contributed by atoms with Gasteiger partial charge in [-0.05, 0) is 37.3 Å². The molecular weight excluding hydrogens is 262 g/mol. The topological polar surface area (TPSA) is 49.3 Å². The SMILES string of the molecule is CC1CCc2nc(-c3ccccc3O)nc(N(C)C)c2C1. The van der Waals surface area contributed by atoms with Gasteiger partial charge in [0.25, 0.3) is 0 Å². The Kier molecular flexibility index (Phi) is 3.53. The Morgan fingerprint density at radius 2 is 1.95 bits per heavy atom. The number of hydrogen-bond acceptors (Lipinski definition) is 4. The minimum Gasteiger partial charge on any atom is -0.507 e. The molecular formula is C17H21N3O. The van der Waals surface area contributed by atoms with Gasteiger partial charge in [-0.15, -0.1) is 0 Å². The van der Waals surface area contributed by atoms with Crippen molar-refractivity contribution in [3.63, 3.8) is 0 Å². The van der Waals surface area contributed by atoms with E-state index in [0.717, 1.165) is 30.8 Å². The van der Waals surface area contributed by atoms with Crippen LogP contribution in [0.25, 0.3) is 11.4 Å². The van der Waals surface area contributed by atoms with E-state index < -0.39 is 0 Å². The second kappa shape index (κ2) is 5.35. The highest BCUT2D eigenvalue weighted by Crippen LogP contribution is 2.34. The number of aromatic hydroxyl groups is 1. The zero-order chi connectivity index (χ0) is 15.0. The van der Waals surface area contributed by atoms with Crippen LogP contribution in [-0.4, -0.2) is 29.2 Å². The van der Waals surface area contributed by atoms with Crippen LogP contribution >= 0.6 is 0 Å². The fourth-order valence-electron chi connectivity index (χ4n) is 2.92. The molecule has 0 radical (unpaired) electrons. The number of nitrogens with zero attached hydrogens (tertiary/aromatic N) is 3. The molecule has 0 saturated heterocycles. The number of anilines is 1. The summed E-state index contributed by atoms with van der Waals surface area (Å²) in [5.41, 5.74) is 3.09. The van der Waals surface area contributed by atoms with E-state index in [-0.39, 0.29) is 5.75 Å². The summed E-state index contributed by atoms with van der Waals surface area (Å²) in [6.07, 6.45) is 3.18. The van der Waals surface area contributed by atoms with Crippen LogP contribution in [0.1, 0.15) is 24.6 Å². The minimum absolute atomic E-state index is 0.228. The van der Waals surface area contributed by atoms with E-state index in [1.807, 2.05) is 37.2 Å². The molecule has 1 aliphatic rings. The van der Waals surface area contributed by atoms with Crippen LogP contribution in [0.5, 0.6) is 5.75 Å². The first kappa shape index (κ1) is 13.9. The molecule has 0 fully saturated rings. The van der Waals surface area contributed by atoms with Crippen LogP contribution in [0.2, 0.25) is 0 Å². The average Bonchev–Trinajstić information content (AvgIpc) is 2.46. The highest BCUT2D eigenvalue weighted by Gasteiger charge is 2.23. The largest absolute Gasteiger partial charge is 0.507 e. The second-order valence-corrected chi connectivity index (χ2v) is 6.06. The lowest BCUT2D eigenvalue weighted by Gasteiger charge is -2.26. The van der Waals surface area contributed by atoms with E-state index in [2.05, 4.69) is 6.92 Å².